The number of hydrogen-bond donors (Lipinski definition) is 0. The lowest BCUT2D eigenvalue weighted by Crippen LogP contribution is -1.78. The minimum atomic E-state index is 1.11. The van der Waals surface area contributed by atoms with Crippen molar-refractivity contribution in [1.29, 1.82) is 0 Å². The van der Waals surface area contributed by atoms with Crippen molar-refractivity contribution in [3.05, 3.63) is 95.5 Å². The normalized spacial score (nSPS) is 10.7. The number of rotatable bonds is 3. The Hall–Kier alpha value is -2.16. The molecule has 1 heterocycles. The van der Waals surface area contributed by atoms with Crippen molar-refractivity contribution in [2.75, 3.05) is 0 Å². The van der Waals surface area contributed by atoms with E-state index < -0.39 is 0 Å². The average Bonchev–Trinajstić information content (AvgIpc) is 3.09. The monoisotopic (exact) mass is 390 g/mol. The van der Waals surface area contributed by atoms with Gasteiger partial charge in [0.05, 0.1) is 0 Å². The zero-order valence-corrected chi connectivity index (χ0v) is 15.3. The van der Waals surface area contributed by atoms with E-state index in [-0.39, 0.29) is 0 Å². The lowest BCUT2D eigenvalue weighted by atomic mass is 10.0. The maximum Gasteiger partial charge on any atom is 0.0428 e. The molecule has 24 heavy (non-hydrogen) atoms. The molecule has 0 atom stereocenters. The van der Waals surface area contributed by atoms with E-state index in [0.717, 1.165) is 4.47 Å². The second-order valence-electron chi connectivity index (χ2n) is 5.60. The van der Waals surface area contributed by atoms with E-state index in [9.17, 15) is 0 Å². The molecule has 4 aromatic rings. The number of hydrogen-bond acceptors (Lipinski definition) is 1. The fraction of sp³-hybridized carbons (Fsp3) is 0. The number of halogens is 1. The van der Waals surface area contributed by atoms with Crippen molar-refractivity contribution in [3.8, 4) is 32.0 Å². The van der Waals surface area contributed by atoms with Crippen LogP contribution in [0.3, 0.4) is 0 Å². The van der Waals surface area contributed by atoms with Gasteiger partial charge in [-0.05, 0) is 34.9 Å². The van der Waals surface area contributed by atoms with Crippen LogP contribution in [0.5, 0.6) is 0 Å². The van der Waals surface area contributed by atoms with Gasteiger partial charge >= 0.3 is 0 Å². The van der Waals surface area contributed by atoms with E-state index in [2.05, 4.69) is 107 Å². The summed E-state index contributed by atoms with van der Waals surface area (Å²) >= 11 is 5.45. The highest BCUT2D eigenvalue weighted by Crippen LogP contribution is 2.43. The Morgan fingerprint density at radius 3 is 1.88 bits per heavy atom. The van der Waals surface area contributed by atoms with Gasteiger partial charge in [0.25, 0.3) is 0 Å². The van der Waals surface area contributed by atoms with Crippen molar-refractivity contribution in [2.45, 2.75) is 0 Å². The van der Waals surface area contributed by atoms with Crippen molar-refractivity contribution in [1.82, 2.24) is 0 Å². The molecule has 0 saturated carbocycles. The lowest BCUT2D eigenvalue weighted by molar-refractivity contribution is 1.62. The van der Waals surface area contributed by atoms with E-state index >= 15 is 0 Å². The zero-order chi connectivity index (χ0) is 16.4. The van der Waals surface area contributed by atoms with Gasteiger partial charge < -0.3 is 0 Å². The highest BCUT2D eigenvalue weighted by atomic mass is 79.9. The van der Waals surface area contributed by atoms with Gasteiger partial charge in [-0.1, -0.05) is 88.7 Å². The number of thiophene rings is 1. The molecule has 0 unspecified atom stereocenters. The van der Waals surface area contributed by atoms with Gasteiger partial charge in [-0.2, -0.15) is 0 Å². The first-order chi connectivity index (χ1) is 11.8. The second-order valence-corrected chi connectivity index (χ2v) is 7.56. The smallest absolute Gasteiger partial charge is 0.0428 e. The average molecular weight is 391 g/mol. The maximum atomic E-state index is 3.60. The van der Waals surface area contributed by atoms with Gasteiger partial charge in [0.2, 0.25) is 0 Å². The topological polar surface area (TPSA) is 0 Å². The van der Waals surface area contributed by atoms with Gasteiger partial charge in [0, 0.05) is 19.8 Å². The molecule has 0 nitrogen and oxygen atoms in total. The molecule has 0 N–H and O–H groups in total. The fourth-order valence-electron chi connectivity index (χ4n) is 2.81. The van der Waals surface area contributed by atoms with E-state index in [1.807, 2.05) is 11.3 Å². The molecule has 0 saturated heterocycles. The number of benzene rings is 3. The molecular weight excluding hydrogens is 376 g/mol. The third-order valence-corrected chi connectivity index (χ3v) is 5.69. The Labute approximate surface area is 154 Å². The van der Waals surface area contributed by atoms with Gasteiger partial charge in [0.15, 0.2) is 0 Å². The first-order valence-corrected chi connectivity index (χ1v) is 9.43. The van der Waals surface area contributed by atoms with Crippen LogP contribution in [0, 0.1) is 0 Å². The summed E-state index contributed by atoms with van der Waals surface area (Å²) in [7, 11) is 0. The highest BCUT2D eigenvalue weighted by Gasteiger charge is 2.14. The fourth-order valence-corrected chi connectivity index (χ4v) is 4.39. The Bertz CT molecular complexity index is 956. The van der Waals surface area contributed by atoms with Crippen LogP contribution in [0.4, 0.5) is 0 Å². The second kappa shape index (κ2) is 6.76. The van der Waals surface area contributed by atoms with E-state index in [4.69, 9.17) is 0 Å². The van der Waals surface area contributed by atoms with Gasteiger partial charge in [-0.25, -0.2) is 0 Å². The van der Waals surface area contributed by atoms with Crippen LogP contribution in [-0.4, -0.2) is 0 Å². The molecule has 0 aliphatic heterocycles. The van der Waals surface area contributed by atoms with Crippen molar-refractivity contribution in [2.24, 2.45) is 0 Å². The molecule has 0 fully saturated rings. The summed E-state index contributed by atoms with van der Waals surface area (Å²) in [5.41, 5.74) is 5.06. The van der Waals surface area contributed by atoms with Crippen LogP contribution < -0.4 is 0 Å². The van der Waals surface area contributed by atoms with Crippen LogP contribution in [-0.2, 0) is 0 Å². The molecule has 0 amide bonds. The van der Waals surface area contributed by atoms with Crippen LogP contribution in [0.15, 0.2) is 95.5 Å². The van der Waals surface area contributed by atoms with Crippen LogP contribution in [0.2, 0.25) is 0 Å². The minimum absolute atomic E-state index is 1.11. The molecule has 4 rings (SSSR count). The Morgan fingerprint density at radius 1 is 0.583 bits per heavy atom. The van der Waals surface area contributed by atoms with Crippen molar-refractivity contribution in [3.63, 3.8) is 0 Å². The van der Waals surface area contributed by atoms with Crippen LogP contribution >= 0.6 is 27.3 Å². The Morgan fingerprint density at radius 2 is 1.21 bits per heavy atom. The summed E-state index contributed by atoms with van der Waals surface area (Å²) in [6.45, 7) is 0. The van der Waals surface area contributed by atoms with E-state index in [0.29, 0.717) is 0 Å². The summed E-state index contributed by atoms with van der Waals surface area (Å²) in [6.07, 6.45) is 0. The molecule has 1 aromatic heterocycles. The standard InChI is InChI=1S/C22H15BrS/c23-19-13-7-12-18(14-19)22-20(16-8-3-1-4-9-16)15-21(24-22)17-10-5-2-6-11-17/h1-15H. The van der Waals surface area contributed by atoms with Crippen molar-refractivity contribution >= 4 is 27.3 Å². The first-order valence-electron chi connectivity index (χ1n) is 7.82. The SMILES string of the molecule is Brc1cccc(-c2sc(-c3ccccc3)cc2-c2ccccc2)c1. The third-order valence-electron chi connectivity index (χ3n) is 3.96. The van der Waals surface area contributed by atoms with E-state index in [1.54, 1.807) is 0 Å². The Balaban J connectivity index is 1.92. The van der Waals surface area contributed by atoms with Crippen molar-refractivity contribution < 1.29 is 0 Å². The molecule has 3 aromatic carbocycles. The maximum absolute atomic E-state index is 3.60. The summed E-state index contributed by atoms with van der Waals surface area (Å²) in [4.78, 5) is 2.60. The molecule has 2 heteroatoms. The highest BCUT2D eigenvalue weighted by molar-refractivity contribution is 9.10. The predicted molar refractivity (Wildman–Crippen MR) is 108 cm³/mol. The van der Waals surface area contributed by atoms with Gasteiger partial charge in [0.1, 0.15) is 0 Å². The van der Waals surface area contributed by atoms with Gasteiger partial charge in [-0.15, -0.1) is 11.3 Å². The molecule has 0 radical (unpaired) electrons. The minimum Gasteiger partial charge on any atom is -0.135 e. The zero-order valence-electron chi connectivity index (χ0n) is 12.9. The van der Waals surface area contributed by atoms with Crippen LogP contribution in [0.1, 0.15) is 0 Å². The quantitative estimate of drug-likeness (QED) is 0.339. The predicted octanol–water partition coefficient (Wildman–Crippen LogP) is 7.51. The molecule has 0 aliphatic carbocycles. The molecule has 0 spiro atoms. The first kappa shape index (κ1) is 15.4. The Kier molecular flexibility index (Phi) is 4.33. The third kappa shape index (κ3) is 3.08. The molecule has 116 valence electrons. The molecule has 0 bridgehead atoms. The lowest BCUT2D eigenvalue weighted by Gasteiger charge is -2.04. The summed E-state index contributed by atoms with van der Waals surface area (Å²) in [5.74, 6) is 0. The van der Waals surface area contributed by atoms with Gasteiger partial charge in [-0.3, -0.25) is 0 Å². The van der Waals surface area contributed by atoms with E-state index in [1.165, 1.54) is 32.0 Å². The molecule has 0 aliphatic rings. The largest absolute Gasteiger partial charge is 0.135 e. The summed E-state index contributed by atoms with van der Waals surface area (Å²) in [5, 5.41) is 0. The van der Waals surface area contributed by atoms with Crippen LogP contribution in [0.25, 0.3) is 32.0 Å². The molecular formula is C22H15BrS. The summed E-state index contributed by atoms with van der Waals surface area (Å²) in [6, 6.07) is 32.0. The summed E-state index contributed by atoms with van der Waals surface area (Å²) < 4.78 is 1.11.